The third-order valence-corrected chi connectivity index (χ3v) is 8.33. The summed E-state index contributed by atoms with van der Waals surface area (Å²) in [5.41, 5.74) is 3.01. The number of carbonyl (C=O) groups excluding carboxylic acids is 2. The molecule has 0 saturated carbocycles. The summed E-state index contributed by atoms with van der Waals surface area (Å²) in [5, 5.41) is 16.9. The van der Waals surface area contributed by atoms with Gasteiger partial charge >= 0.3 is 5.97 Å². The highest BCUT2D eigenvalue weighted by atomic mass is 32.2. The van der Waals surface area contributed by atoms with Gasteiger partial charge in [-0.3, -0.25) is 9.59 Å². The number of nitrogens with one attached hydrogen (secondary N) is 2. The molecule has 1 unspecified atom stereocenters. The smallest absolute Gasteiger partial charge is 0.336 e. The predicted octanol–water partition coefficient (Wildman–Crippen LogP) is 7.63. The number of anilines is 2. The number of aromatic carboxylic acids is 1. The van der Waals surface area contributed by atoms with Crippen LogP contribution in [0.2, 0.25) is 0 Å². The predicted molar refractivity (Wildman–Crippen MR) is 170 cm³/mol. The van der Waals surface area contributed by atoms with Gasteiger partial charge in [-0.25, -0.2) is 9.78 Å². The maximum Gasteiger partial charge on any atom is 0.336 e. The lowest BCUT2D eigenvalue weighted by molar-refractivity contribution is -0.115. The average Bonchev–Trinajstić information content (AvgIpc) is 3.50. The molecule has 1 aromatic heterocycles. The quantitative estimate of drug-likeness (QED) is 0.132. The first-order chi connectivity index (χ1) is 20.9. The second-order valence-corrected chi connectivity index (χ2v) is 11.3. The van der Waals surface area contributed by atoms with Gasteiger partial charge in [0.05, 0.1) is 23.4 Å². The number of benzene rings is 4. The average molecular weight is 610 g/mol. The van der Waals surface area contributed by atoms with Gasteiger partial charge in [0.15, 0.2) is 5.13 Å². The molecule has 0 aliphatic carbocycles. The minimum Gasteiger partial charge on any atom is -0.494 e. The second kappa shape index (κ2) is 13.8. The molecule has 0 saturated heterocycles. The maximum atomic E-state index is 13.5. The molecule has 1 atom stereocenters. The molecule has 0 radical (unpaired) electrons. The Morgan fingerprint density at radius 1 is 0.860 bits per heavy atom. The topological polar surface area (TPSA) is 118 Å². The Morgan fingerprint density at radius 3 is 2.21 bits per heavy atom. The number of rotatable bonds is 11. The van der Waals surface area contributed by atoms with Crippen molar-refractivity contribution in [3.8, 4) is 17.0 Å². The van der Waals surface area contributed by atoms with Crippen molar-refractivity contribution in [2.75, 3.05) is 17.2 Å². The van der Waals surface area contributed by atoms with E-state index in [0.29, 0.717) is 17.4 Å². The Balaban J connectivity index is 1.28. The molecule has 1 heterocycles. The van der Waals surface area contributed by atoms with Crippen LogP contribution >= 0.6 is 23.1 Å². The van der Waals surface area contributed by atoms with Crippen molar-refractivity contribution >= 4 is 51.7 Å². The van der Waals surface area contributed by atoms with Crippen LogP contribution in [0.25, 0.3) is 11.3 Å². The van der Waals surface area contributed by atoms with Gasteiger partial charge in [0, 0.05) is 21.5 Å². The van der Waals surface area contributed by atoms with Crippen LogP contribution in [0.3, 0.4) is 0 Å². The number of carboxylic acids is 1. The van der Waals surface area contributed by atoms with Gasteiger partial charge in [-0.15, -0.1) is 23.1 Å². The van der Waals surface area contributed by atoms with Crippen LogP contribution in [0.4, 0.5) is 10.8 Å². The standard InChI is InChI=1S/C33H27N3O5S2/c1-2-41-24-16-12-21(13-17-24)28-20-42-33(35-28)36-31(38)29(22-8-4-3-5-9-22)43-25-18-14-23(15-19-25)34-30(37)26-10-6-7-11-27(26)32(39)40/h3-20,29H,2H2,1H3,(H,34,37)(H,39,40)(H,35,36,38). The number of nitrogens with zero attached hydrogens (tertiary/aromatic N) is 1. The Hall–Kier alpha value is -4.93. The van der Waals surface area contributed by atoms with Crippen LogP contribution in [-0.4, -0.2) is 34.5 Å². The molecule has 216 valence electrons. The molecule has 0 aliphatic heterocycles. The summed E-state index contributed by atoms with van der Waals surface area (Å²) in [7, 11) is 0. The monoisotopic (exact) mass is 609 g/mol. The maximum absolute atomic E-state index is 13.5. The highest BCUT2D eigenvalue weighted by molar-refractivity contribution is 8.00. The largest absolute Gasteiger partial charge is 0.494 e. The van der Waals surface area contributed by atoms with Crippen molar-refractivity contribution in [2.45, 2.75) is 17.1 Å². The molecule has 0 fully saturated rings. The first-order valence-corrected chi connectivity index (χ1v) is 15.1. The highest BCUT2D eigenvalue weighted by Crippen LogP contribution is 2.37. The molecule has 3 N–H and O–H groups in total. The molecule has 0 aliphatic rings. The molecule has 0 bridgehead atoms. The molecule has 2 amide bonds. The van der Waals surface area contributed by atoms with Crippen molar-refractivity contribution in [3.63, 3.8) is 0 Å². The molecule has 8 nitrogen and oxygen atoms in total. The summed E-state index contributed by atoms with van der Waals surface area (Å²) >= 11 is 2.72. The van der Waals surface area contributed by atoms with E-state index in [1.165, 1.54) is 35.2 Å². The van der Waals surface area contributed by atoms with Crippen molar-refractivity contribution in [1.82, 2.24) is 4.98 Å². The van der Waals surface area contributed by atoms with Crippen molar-refractivity contribution in [3.05, 3.63) is 125 Å². The minimum atomic E-state index is -1.17. The molecular formula is C33H27N3O5S2. The van der Waals surface area contributed by atoms with Crippen molar-refractivity contribution < 1.29 is 24.2 Å². The van der Waals surface area contributed by atoms with E-state index in [1.54, 1.807) is 36.4 Å². The van der Waals surface area contributed by atoms with Crippen LogP contribution in [0.15, 0.2) is 113 Å². The van der Waals surface area contributed by atoms with E-state index < -0.39 is 17.1 Å². The molecule has 0 spiro atoms. The number of hydrogen-bond donors (Lipinski definition) is 3. The van der Waals surface area contributed by atoms with Gasteiger partial charge in [-0.1, -0.05) is 42.5 Å². The van der Waals surface area contributed by atoms with E-state index in [0.717, 1.165) is 27.5 Å². The van der Waals surface area contributed by atoms with E-state index in [2.05, 4.69) is 15.6 Å². The summed E-state index contributed by atoms with van der Waals surface area (Å²) in [4.78, 5) is 43.2. The fourth-order valence-electron chi connectivity index (χ4n) is 4.24. The van der Waals surface area contributed by atoms with Gasteiger partial charge in [0.25, 0.3) is 5.91 Å². The number of thiazole rings is 1. The summed E-state index contributed by atoms with van der Waals surface area (Å²) in [6, 6.07) is 30.2. The number of aromatic nitrogens is 1. The first kappa shape index (κ1) is 29.6. The van der Waals surface area contributed by atoms with Crippen molar-refractivity contribution in [2.24, 2.45) is 0 Å². The summed E-state index contributed by atoms with van der Waals surface area (Å²) in [5.74, 6) is -1.12. The number of thioether (sulfide) groups is 1. The van der Waals surface area contributed by atoms with E-state index in [4.69, 9.17) is 4.74 Å². The Kier molecular flexibility index (Phi) is 9.50. The minimum absolute atomic E-state index is 0.0714. The third kappa shape index (κ3) is 7.48. The fourth-order valence-corrected chi connectivity index (χ4v) is 5.99. The number of amides is 2. The molecule has 43 heavy (non-hydrogen) atoms. The van der Waals surface area contributed by atoms with Gasteiger partial charge < -0.3 is 20.5 Å². The van der Waals surface area contributed by atoms with Gasteiger partial charge in [0.2, 0.25) is 5.91 Å². The number of hydrogen-bond acceptors (Lipinski definition) is 7. The molecule has 5 aromatic rings. The number of carbonyl (C=O) groups is 3. The SMILES string of the molecule is CCOc1ccc(-c2csc(NC(=O)C(Sc3ccc(NC(=O)c4ccccc4C(=O)O)cc3)c3ccccc3)n2)cc1. The molecule has 10 heteroatoms. The van der Waals surface area contributed by atoms with Gasteiger partial charge in [-0.05, 0) is 73.2 Å². The number of carboxylic acid groups (broad SMARTS) is 1. The highest BCUT2D eigenvalue weighted by Gasteiger charge is 2.23. The van der Waals surface area contributed by atoms with Crippen molar-refractivity contribution in [1.29, 1.82) is 0 Å². The van der Waals surface area contributed by atoms with Crippen LogP contribution in [0.5, 0.6) is 5.75 Å². The lowest BCUT2D eigenvalue weighted by Crippen LogP contribution is -2.19. The molecule has 4 aromatic carbocycles. The fraction of sp³-hybridized carbons (Fsp3) is 0.0909. The Bertz CT molecular complexity index is 1720. The summed E-state index contributed by atoms with van der Waals surface area (Å²) in [6.45, 7) is 2.53. The van der Waals surface area contributed by atoms with E-state index in [-0.39, 0.29) is 17.0 Å². The second-order valence-electron chi connectivity index (χ2n) is 9.22. The van der Waals surface area contributed by atoms with Crippen LogP contribution in [0.1, 0.15) is 38.5 Å². The zero-order valence-electron chi connectivity index (χ0n) is 23.0. The zero-order valence-corrected chi connectivity index (χ0v) is 24.7. The van der Waals surface area contributed by atoms with Crippen LogP contribution < -0.4 is 15.4 Å². The lowest BCUT2D eigenvalue weighted by Gasteiger charge is -2.16. The zero-order chi connectivity index (χ0) is 30.2. The normalized spacial score (nSPS) is 11.4. The van der Waals surface area contributed by atoms with E-state index in [1.807, 2.05) is 66.9 Å². The van der Waals surface area contributed by atoms with Gasteiger partial charge in [-0.2, -0.15) is 0 Å². The van der Waals surface area contributed by atoms with Crippen LogP contribution in [-0.2, 0) is 4.79 Å². The Morgan fingerprint density at radius 2 is 1.53 bits per heavy atom. The summed E-state index contributed by atoms with van der Waals surface area (Å²) in [6.07, 6.45) is 0. The van der Waals surface area contributed by atoms with Crippen LogP contribution in [0, 0.1) is 0 Å². The lowest BCUT2D eigenvalue weighted by atomic mass is 10.1. The number of ether oxygens (including phenoxy) is 1. The summed E-state index contributed by atoms with van der Waals surface area (Å²) < 4.78 is 5.51. The van der Waals surface area contributed by atoms with E-state index in [9.17, 15) is 19.5 Å². The first-order valence-electron chi connectivity index (χ1n) is 13.4. The van der Waals surface area contributed by atoms with E-state index >= 15 is 0 Å². The Labute approximate surface area is 256 Å². The molecular weight excluding hydrogens is 583 g/mol. The third-order valence-electron chi connectivity index (χ3n) is 6.30. The van der Waals surface area contributed by atoms with Gasteiger partial charge in [0.1, 0.15) is 11.0 Å². The molecule has 5 rings (SSSR count).